The van der Waals surface area contributed by atoms with Crippen molar-refractivity contribution in [2.45, 2.75) is 11.8 Å². The van der Waals surface area contributed by atoms with Gasteiger partial charge in [-0.25, -0.2) is 22.3 Å². The van der Waals surface area contributed by atoms with E-state index in [1.54, 1.807) is 19.2 Å². The third-order valence-electron chi connectivity index (χ3n) is 4.41. The number of hydrogen-bond donors (Lipinski definition) is 1. The molecule has 1 amide bonds. The van der Waals surface area contributed by atoms with Crippen molar-refractivity contribution < 1.29 is 22.3 Å². The van der Waals surface area contributed by atoms with E-state index in [1.165, 1.54) is 10.6 Å². The van der Waals surface area contributed by atoms with Gasteiger partial charge in [0.15, 0.2) is 0 Å². The third-order valence-corrected chi connectivity index (χ3v) is 6.32. The molecule has 29 heavy (non-hydrogen) atoms. The summed E-state index contributed by atoms with van der Waals surface area (Å²) < 4.78 is 47.5. The van der Waals surface area contributed by atoms with Gasteiger partial charge in [0, 0.05) is 30.7 Å². The van der Waals surface area contributed by atoms with E-state index in [2.05, 4.69) is 20.4 Å². The first-order valence-electron chi connectivity index (χ1n) is 8.73. The summed E-state index contributed by atoms with van der Waals surface area (Å²) in [5, 5.41) is 6.59. The van der Waals surface area contributed by atoms with Crippen molar-refractivity contribution in [1.82, 2.24) is 23.9 Å². The van der Waals surface area contributed by atoms with Crippen molar-refractivity contribution in [3.63, 3.8) is 0 Å². The lowest BCUT2D eigenvalue weighted by Gasteiger charge is -2.26. The number of benzene rings is 1. The molecule has 0 aliphatic carbocycles. The highest BCUT2D eigenvalue weighted by Crippen LogP contribution is 2.24. The summed E-state index contributed by atoms with van der Waals surface area (Å²) >= 11 is 0. The normalized spacial score (nSPS) is 15.5. The zero-order valence-electron chi connectivity index (χ0n) is 15.4. The number of nitrogens with zero attached hydrogens (tertiary/aromatic N) is 5. The Morgan fingerprint density at radius 2 is 2.00 bits per heavy atom. The third kappa shape index (κ3) is 3.69. The van der Waals surface area contributed by atoms with Gasteiger partial charge >= 0.3 is 0 Å². The van der Waals surface area contributed by atoms with Gasteiger partial charge < -0.3 is 10.1 Å². The van der Waals surface area contributed by atoms with Gasteiger partial charge in [-0.05, 0) is 31.2 Å². The van der Waals surface area contributed by atoms with E-state index in [1.807, 2.05) is 0 Å². The van der Waals surface area contributed by atoms with Gasteiger partial charge in [0.1, 0.15) is 10.7 Å². The Morgan fingerprint density at radius 3 is 2.72 bits per heavy atom. The summed E-state index contributed by atoms with van der Waals surface area (Å²) in [5.74, 6) is -1.46. The number of carbonyl (C=O) groups is 1. The fraction of sp³-hybridized carbons (Fsp3) is 0.294. The molecule has 0 atom stereocenters. The molecule has 1 N–H and O–H groups in total. The van der Waals surface area contributed by atoms with Gasteiger partial charge in [0.05, 0.1) is 13.2 Å². The molecular formula is C17H17FN6O4S. The van der Waals surface area contributed by atoms with Gasteiger partial charge in [-0.15, -0.1) is 5.10 Å². The lowest BCUT2D eigenvalue weighted by Crippen LogP contribution is -2.40. The van der Waals surface area contributed by atoms with E-state index in [0.717, 1.165) is 22.1 Å². The van der Waals surface area contributed by atoms with E-state index in [-0.39, 0.29) is 43.6 Å². The number of rotatable bonds is 4. The van der Waals surface area contributed by atoms with Crippen LogP contribution in [0.4, 0.5) is 10.1 Å². The molecule has 4 rings (SSSR count). The van der Waals surface area contributed by atoms with Gasteiger partial charge in [0.25, 0.3) is 11.7 Å². The van der Waals surface area contributed by atoms with Crippen LogP contribution in [-0.4, -0.2) is 64.5 Å². The topological polar surface area (TPSA) is 119 Å². The molecule has 152 valence electrons. The SMILES string of the molecule is Cc1ccnc2nc(C(=O)Nc3ccc(F)c(S(=O)(=O)N4CCOCC4)c3)nn12. The minimum atomic E-state index is -4.06. The molecule has 3 heterocycles. The standard InChI is InChI=1S/C17H17FN6O4S/c1-11-4-5-19-17-21-15(22-24(11)17)16(25)20-12-2-3-13(18)14(10-12)29(26,27)23-6-8-28-9-7-23/h2-5,10H,6-9H2,1H3,(H,20,25). The Hall–Kier alpha value is -2.96. The molecule has 0 bridgehead atoms. The van der Waals surface area contributed by atoms with Gasteiger partial charge in [0.2, 0.25) is 15.8 Å². The summed E-state index contributed by atoms with van der Waals surface area (Å²) in [6.45, 7) is 2.54. The summed E-state index contributed by atoms with van der Waals surface area (Å²) in [6, 6.07) is 5.06. The van der Waals surface area contributed by atoms with Gasteiger partial charge in [-0.3, -0.25) is 4.79 Å². The molecule has 0 unspecified atom stereocenters. The molecule has 12 heteroatoms. The molecule has 0 saturated carbocycles. The van der Waals surface area contributed by atoms with Crippen LogP contribution in [0.5, 0.6) is 0 Å². The average Bonchev–Trinajstić information content (AvgIpc) is 3.16. The van der Waals surface area contributed by atoms with Crippen molar-refractivity contribution in [2.75, 3.05) is 31.6 Å². The zero-order chi connectivity index (χ0) is 20.6. The Labute approximate surface area is 165 Å². The van der Waals surface area contributed by atoms with Crippen LogP contribution in [0.15, 0.2) is 35.4 Å². The van der Waals surface area contributed by atoms with Crippen LogP contribution >= 0.6 is 0 Å². The fourth-order valence-corrected chi connectivity index (χ4v) is 4.39. The number of hydrogen-bond acceptors (Lipinski definition) is 7. The first-order chi connectivity index (χ1) is 13.9. The Kier molecular flexibility index (Phi) is 4.98. The molecule has 3 aromatic rings. The fourth-order valence-electron chi connectivity index (χ4n) is 2.89. The molecule has 0 spiro atoms. The minimum absolute atomic E-state index is 0.103. The van der Waals surface area contributed by atoms with Crippen molar-refractivity contribution in [3.8, 4) is 0 Å². The van der Waals surface area contributed by atoms with Gasteiger partial charge in [-0.2, -0.15) is 9.29 Å². The number of ether oxygens (including phenoxy) is 1. The molecule has 1 fully saturated rings. The number of anilines is 1. The maximum Gasteiger partial charge on any atom is 0.295 e. The predicted octanol–water partition coefficient (Wildman–Crippen LogP) is 0.845. The molecule has 0 radical (unpaired) electrons. The number of morpholine rings is 1. The monoisotopic (exact) mass is 420 g/mol. The highest BCUT2D eigenvalue weighted by Gasteiger charge is 2.29. The Morgan fingerprint density at radius 1 is 1.24 bits per heavy atom. The summed E-state index contributed by atoms with van der Waals surface area (Å²) in [5.41, 5.74) is 0.842. The number of fused-ring (bicyclic) bond motifs is 1. The van der Waals surface area contributed by atoms with Crippen molar-refractivity contribution >= 4 is 27.4 Å². The largest absolute Gasteiger partial charge is 0.379 e. The van der Waals surface area contributed by atoms with Crippen LogP contribution in [0.25, 0.3) is 5.78 Å². The van der Waals surface area contributed by atoms with Crippen LogP contribution in [0, 0.1) is 12.7 Å². The smallest absolute Gasteiger partial charge is 0.295 e. The van der Waals surface area contributed by atoms with Crippen LogP contribution in [0.3, 0.4) is 0 Å². The molecule has 1 saturated heterocycles. The maximum atomic E-state index is 14.3. The van der Waals surface area contributed by atoms with E-state index < -0.39 is 26.6 Å². The summed E-state index contributed by atoms with van der Waals surface area (Å²) in [4.78, 5) is 20.1. The van der Waals surface area contributed by atoms with Gasteiger partial charge in [-0.1, -0.05) is 0 Å². The number of aromatic nitrogens is 4. The second-order valence-electron chi connectivity index (χ2n) is 6.35. The maximum absolute atomic E-state index is 14.3. The van der Waals surface area contributed by atoms with E-state index in [4.69, 9.17) is 4.74 Å². The predicted molar refractivity (Wildman–Crippen MR) is 99.5 cm³/mol. The van der Waals surface area contributed by atoms with Crippen molar-refractivity contribution in [1.29, 1.82) is 0 Å². The number of carbonyl (C=O) groups excluding carboxylic acids is 1. The van der Waals surface area contributed by atoms with Crippen LogP contribution < -0.4 is 5.32 Å². The number of aryl methyl sites for hydroxylation is 1. The molecular weight excluding hydrogens is 403 g/mol. The van der Waals surface area contributed by atoms with Crippen molar-refractivity contribution in [2.24, 2.45) is 0 Å². The van der Waals surface area contributed by atoms with Crippen LogP contribution in [0.2, 0.25) is 0 Å². The lowest BCUT2D eigenvalue weighted by atomic mass is 10.3. The molecule has 1 aliphatic rings. The molecule has 2 aromatic heterocycles. The molecule has 1 aliphatic heterocycles. The number of amides is 1. The lowest BCUT2D eigenvalue weighted by molar-refractivity contribution is 0.0729. The number of halogens is 1. The van der Waals surface area contributed by atoms with Crippen LogP contribution in [0.1, 0.15) is 16.3 Å². The molecule has 10 nitrogen and oxygen atoms in total. The second-order valence-corrected chi connectivity index (χ2v) is 8.26. The molecule has 1 aromatic carbocycles. The first-order valence-corrected chi connectivity index (χ1v) is 10.2. The average molecular weight is 420 g/mol. The minimum Gasteiger partial charge on any atom is -0.379 e. The quantitative estimate of drug-likeness (QED) is 0.664. The highest BCUT2D eigenvalue weighted by atomic mass is 32.2. The van der Waals surface area contributed by atoms with E-state index >= 15 is 0 Å². The Bertz CT molecular complexity index is 1190. The van der Waals surface area contributed by atoms with E-state index in [9.17, 15) is 17.6 Å². The first kappa shape index (κ1) is 19.4. The number of nitrogens with one attached hydrogen (secondary N) is 1. The van der Waals surface area contributed by atoms with Crippen LogP contribution in [-0.2, 0) is 14.8 Å². The Balaban J connectivity index is 1.61. The second kappa shape index (κ2) is 7.46. The van der Waals surface area contributed by atoms with Crippen molar-refractivity contribution in [3.05, 3.63) is 47.8 Å². The zero-order valence-corrected chi connectivity index (χ0v) is 16.2. The number of sulfonamides is 1. The summed E-state index contributed by atoms with van der Waals surface area (Å²) in [6.07, 6.45) is 1.55. The van der Waals surface area contributed by atoms with E-state index in [0.29, 0.717) is 0 Å². The summed E-state index contributed by atoms with van der Waals surface area (Å²) in [7, 11) is -4.06. The highest BCUT2D eigenvalue weighted by molar-refractivity contribution is 7.89.